The van der Waals surface area contributed by atoms with E-state index >= 15 is 0 Å². The Bertz CT molecular complexity index is 1130. The smallest absolute Gasteiger partial charge is 0.196 e. The Morgan fingerprint density at radius 1 is 1.00 bits per heavy atom. The summed E-state index contributed by atoms with van der Waals surface area (Å²) in [7, 11) is 0. The minimum absolute atomic E-state index is 0.00417. The van der Waals surface area contributed by atoms with Gasteiger partial charge in [0.15, 0.2) is 16.8 Å². The largest absolute Gasteiger partial charge is 0.293 e. The molecule has 0 fully saturated rings. The standard InChI is InChI=1S/C22H17ClN4OS/c1-15-5-11-18(12-6-15)27-21(19-4-2-3-13-24-19)25-26-22(27)29-14-20(28)16-7-9-17(23)10-8-16/h2-13H,14H2,1H3. The maximum Gasteiger partial charge on any atom is 0.196 e. The Labute approximate surface area is 177 Å². The van der Waals surface area contributed by atoms with Crippen molar-refractivity contribution in [3.8, 4) is 17.2 Å². The van der Waals surface area contributed by atoms with Crippen LogP contribution in [0.3, 0.4) is 0 Å². The molecular weight excluding hydrogens is 404 g/mol. The maximum absolute atomic E-state index is 12.6. The molecule has 0 aliphatic rings. The van der Waals surface area contributed by atoms with E-state index in [-0.39, 0.29) is 11.5 Å². The third-order valence-electron chi connectivity index (χ3n) is 4.32. The van der Waals surface area contributed by atoms with Crippen LogP contribution < -0.4 is 0 Å². The predicted molar refractivity (Wildman–Crippen MR) is 116 cm³/mol. The Kier molecular flexibility index (Phi) is 5.74. The van der Waals surface area contributed by atoms with Gasteiger partial charge >= 0.3 is 0 Å². The lowest BCUT2D eigenvalue weighted by molar-refractivity contribution is 0.102. The molecule has 144 valence electrons. The van der Waals surface area contributed by atoms with Crippen molar-refractivity contribution in [2.24, 2.45) is 0 Å². The molecule has 0 saturated heterocycles. The van der Waals surface area contributed by atoms with E-state index in [1.807, 2.05) is 54.0 Å². The minimum Gasteiger partial charge on any atom is -0.293 e. The highest BCUT2D eigenvalue weighted by Crippen LogP contribution is 2.27. The molecule has 2 aromatic carbocycles. The fourth-order valence-corrected chi connectivity index (χ4v) is 3.77. The van der Waals surface area contributed by atoms with Gasteiger partial charge in [-0.25, -0.2) is 0 Å². The van der Waals surface area contributed by atoms with Gasteiger partial charge in [0.2, 0.25) is 0 Å². The fourth-order valence-electron chi connectivity index (χ4n) is 2.80. The zero-order chi connectivity index (χ0) is 20.2. The molecule has 7 heteroatoms. The molecule has 0 aliphatic heterocycles. The molecule has 0 amide bonds. The van der Waals surface area contributed by atoms with Crippen LogP contribution in [-0.4, -0.2) is 31.3 Å². The van der Waals surface area contributed by atoms with Crippen LogP contribution in [0.15, 0.2) is 78.1 Å². The first-order valence-electron chi connectivity index (χ1n) is 8.97. The highest BCUT2D eigenvalue weighted by Gasteiger charge is 2.18. The summed E-state index contributed by atoms with van der Waals surface area (Å²) in [6.45, 7) is 2.04. The molecule has 0 spiro atoms. The molecule has 5 nitrogen and oxygen atoms in total. The molecule has 0 aliphatic carbocycles. The van der Waals surface area contributed by atoms with Crippen LogP contribution in [0.5, 0.6) is 0 Å². The van der Waals surface area contributed by atoms with Crippen LogP contribution in [0.4, 0.5) is 0 Å². The first kappa shape index (κ1) is 19.4. The lowest BCUT2D eigenvalue weighted by Crippen LogP contribution is -2.05. The van der Waals surface area contributed by atoms with Crippen LogP contribution in [0, 0.1) is 6.92 Å². The van der Waals surface area contributed by atoms with Crippen molar-refractivity contribution in [3.63, 3.8) is 0 Å². The van der Waals surface area contributed by atoms with Crippen molar-refractivity contribution in [1.29, 1.82) is 0 Å². The number of hydrogen-bond acceptors (Lipinski definition) is 5. The number of benzene rings is 2. The molecule has 0 bridgehead atoms. The number of carbonyl (C=O) groups is 1. The summed E-state index contributed by atoms with van der Waals surface area (Å²) >= 11 is 7.25. The number of ketones is 1. The predicted octanol–water partition coefficient (Wildman–Crippen LogP) is 5.27. The van der Waals surface area contributed by atoms with Gasteiger partial charge in [0.1, 0.15) is 5.69 Å². The average Bonchev–Trinajstić information content (AvgIpc) is 3.17. The zero-order valence-corrected chi connectivity index (χ0v) is 17.2. The second-order valence-electron chi connectivity index (χ2n) is 6.41. The van der Waals surface area contributed by atoms with Crippen molar-refractivity contribution < 1.29 is 4.79 Å². The van der Waals surface area contributed by atoms with E-state index in [0.29, 0.717) is 21.6 Å². The maximum atomic E-state index is 12.6. The number of pyridine rings is 1. The van der Waals surface area contributed by atoms with E-state index in [2.05, 4.69) is 15.2 Å². The molecule has 0 unspecified atom stereocenters. The SMILES string of the molecule is Cc1ccc(-n2c(SCC(=O)c3ccc(Cl)cc3)nnc2-c2ccccn2)cc1. The summed E-state index contributed by atoms with van der Waals surface area (Å²) in [5.41, 5.74) is 3.42. The van der Waals surface area contributed by atoms with Gasteiger partial charge in [0.05, 0.1) is 5.75 Å². The second-order valence-corrected chi connectivity index (χ2v) is 7.79. The lowest BCUT2D eigenvalue weighted by Gasteiger charge is -2.10. The third kappa shape index (κ3) is 4.39. The fraction of sp³-hybridized carbons (Fsp3) is 0.0909. The molecule has 29 heavy (non-hydrogen) atoms. The van der Waals surface area contributed by atoms with Crippen molar-refractivity contribution in [2.45, 2.75) is 12.1 Å². The Balaban J connectivity index is 1.66. The van der Waals surface area contributed by atoms with E-state index in [9.17, 15) is 4.79 Å². The monoisotopic (exact) mass is 420 g/mol. The lowest BCUT2D eigenvalue weighted by atomic mass is 10.1. The van der Waals surface area contributed by atoms with Crippen LogP contribution in [0.25, 0.3) is 17.2 Å². The van der Waals surface area contributed by atoms with Gasteiger partial charge in [-0.2, -0.15) is 0 Å². The molecule has 4 aromatic rings. The summed E-state index contributed by atoms with van der Waals surface area (Å²) in [6, 6.07) is 20.6. The van der Waals surface area contributed by atoms with Gasteiger partial charge in [-0.3, -0.25) is 14.3 Å². The first-order chi connectivity index (χ1) is 14.1. The molecule has 0 radical (unpaired) electrons. The molecule has 2 heterocycles. The van der Waals surface area contributed by atoms with Crippen LogP contribution in [0.1, 0.15) is 15.9 Å². The number of halogens is 1. The Morgan fingerprint density at radius 2 is 1.76 bits per heavy atom. The highest BCUT2D eigenvalue weighted by molar-refractivity contribution is 7.99. The minimum atomic E-state index is 0.00417. The van der Waals surface area contributed by atoms with Gasteiger partial charge in [-0.15, -0.1) is 10.2 Å². The van der Waals surface area contributed by atoms with Gasteiger partial charge in [-0.1, -0.05) is 47.1 Å². The first-order valence-corrected chi connectivity index (χ1v) is 10.3. The van der Waals surface area contributed by atoms with E-state index < -0.39 is 0 Å². The van der Waals surface area contributed by atoms with Gasteiger partial charge < -0.3 is 0 Å². The number of thioether (sulfide) groups is 1. The number of rotatable bonds is 6. The quantitative estimate of drug-likeness (QED) is 0.314. The van der Waals surface area contributed by atoms with Crippen molar-refractivity contribution in [3.05, 3.63) is 89.1 Å². The highest BCUT2D eigenvalue weighted by atomic mass is 35.5. The average molecular weight is 421 g/mol. The molecule has 0 N–H and O–H groups in total. The van der Waals surface area contributed by atoms with E-state index in [1.165, 1.54) is 11.8 Å². The normalized spacial score (nSPS) is 10.8. The summed E-state index contributed by atoms with van der Waals surface area (Å²) in [6.07, 6.45) is 1.72. The number of carbonyl (C=O) groups excluding carboxylic acids is 1. The van der Waals surface area contributed by atoms with Crippen molar-refractivity contribution >= 4 is 29.1 Å². The summed E-state index contributed by atoms with van der Waals surface area (Å²) in [5.74, 6) is 0.883. The van der Waals surface area contributed by atoms with Crippen molar-refractivity contribution in [1.82, 2.24) is 19.7 Å². The van der Waals surface area contributed by atoms with Gasteiger partial charge in [0.25, 0.3) is 0 Å². The molecule has 0 atom stereocenters. The molecule has 0 saturated carbocycles. The van der Waals surface area contributed by atoms with Crippen LogP contribution >= 0.6 is 23.4 Å². The summed E-state index contributed by atoms with van der Waals surface area (Å²) in [4.78, 5) is 17.0. The Hall–Kier alpha value is -2.96. The van der Waals surface area contributed by atoms with E-state index in [1.54, 1.807) is 30.5 Å². The van der Waals surface area contributed by atoms with Crippen LogP contribution in [-0.2, 0) is 0 Å². The third-order valence-corrected chi connectivity index (χ3v) is 5.50. The number of aromatic nitrogens is 4. The molecule has 4 rings (SSSR count). The molecule has 2 aromatic heterocycles. The topological polar surface area (TPSA) is 60.7 Å². The van der Waals surface area contributed by atoms with E-state index in [0.717, 1.165) is 16.9 Å². The summed E-state index contributed by atoms with van der Waals surface area (Å²) in [5, 5.41) is 9.92. The zero-order valence-electron chi connectivity index (χ0n) is 15.6. The number of Topliss-reactive ketones (excluding diaryl/α,β-unsaturated/α-hetero) is 1. The van der Waals surface area contributed by atoms with E-state index in [4.69, 9.17) is 11.6 Å². The van der Waals surface area contributed by atoms with Gasteiger partial charge in [0, 0.05) is 22.5 Å². The number of hydrogen-bond donors (Lipinski definition) is 0. The molecular formula is C22H17ClN4OS. The number of nitrogens with zero attached hydrogens (tertiary/aromatic N) is 4. The second kappa shape index (κ2) is 8.59. The Morgan fingerprint density at radius 3 is 2.45 bits per heavy atom. The number of aryl methyl sites for hydroxylation is 1. The van der Waals surface area contributed by atoms with Crippen molar-refractivity contribution in [2.75, 3.05) is 5.75 Å². The van der Waals surface area contributed by atoms with Gasteiger partial charge in [-0.05, 0) is 55.5 Å². The summed E-state index contributed by atoms with van der Waals surface area (Å²) < 4.78 is 1.93. The van der Waals surface area contributed by atoms with Crippen LogP contribution in [0.2, 0.25) is 5.02 Å².